The van der Waals surface area contributed by atoms with E-state index in [2.05, 4.69) is 15.3 Å². The Bertz CT molecular complexity index is 888. The number of rotatable bonds is 2. The van der Waals surface area contributed by atoms with E-state index in [4.69, 9.17) is 5.73 Å². The number of benzene rings is 2. The van der Waals surface area contributed by atoms with Gasteiger partial charge in [-0.15, -0.1) is 0 Å². The lowest BCUT2D eigenvalue weighted by Gasteiger charge is -2.08. The van der Waals surface area contributed by atoms with E-state index in [-0.39, 0.29) is 16.9 Å². The highest BCUT2D eigenvalue weighted by atomic mass is 19.1. The molecular formula is C17H13FN4O. The number of nitrogens with two attached hydrogens (primary N) is 1. The molecule has 0 atom stereocenters. The molecule has 1 amide bonds. The third-order valence-electron chi connectivity index (χ3n) is 3.21. The lowest BCUT2D eigenvalue weighted by molar-refractivity contribution is 0.0978. The number of pyridine rings is 1. The topological polar surface area (TPSA) is 80.4 Å². The van der Waals surface area contributed by atoms with Crippen LogP contribution in [0.15, 0.2) is 65.8 Å². The molecule has 5 nitrogen and oxygen atoms in total. The van der Waals surface area contributed by atoms with Crippen LogP contribution in [0.3, 0.4) is 0 Å². The van der Waals surface area contributed by atoms with Crippen molar-refractivity contribution in [3.8, 4) is 0 Å². The molecule has 0 saturated carbocycles. The number of nitrogens with one attached hydrogen (secondary N) is 1. The van der Waals surface area contributed by atoms with E-state index in [0.717, 1.165) is 0 Å². The normalized spacial score (nSPS) is 11.4. The van der Waals surface area contributed by atoms with Crippen molar-refractivity contribution in [1.29, 1.82) is 0 Å². The second-order valence-electron chi connectivity index (χ2n) is 4.78. The van der Waals surface area contributed by atoms with Crippen LogP contribution in [-0.4, -0.2) is 16.9 Å². The first-order valence-corrected chi connectivity index (χ1v) is 6.89. The summed E-state index contributed by atoms with van der Waals surface area (Å²) < 4.78 is 14.0. The molecule has 23 heavy (non-hydrogen) atoms. The molecular weight excluding hydrogens is 295 g/mol. The zero-order chi connectivity index (χ0) is 16.2. The van der Waals surface area contributed by atoms with Gasteiger partial charge in [-0.3, -0.25) is 15.1 Å². The molecule has 1 aromatic heterocycles. The number of amides is 1. The van der Waals surface area contributed by atoms with Crippen LogP contribution in [0.25, 0.3) is 10.9 Å². The van der Waals surface area contributed by atoms with E-state index in [9.17, 15) is 9.18 Å². The minimum Gasteiger partial charge on any atom is -0.369 e. The number of nitrogens with zero attached hydrogens (tertiary/aromatic N) is 2. The summed E-state index contributed by atoms with van der Waals surface area (Å²) >= 11 is 0. The Morgan fingerprint density at radius 3 is 2.65 bits per heavy atom. The monoisotopic (exact) mass is 308 g/mol. The van der Waals surface area contributed by atoms with Crippen LogP contribution >= 0.6 is 0 Å². The van der Waals surface area contributed by atoms with Crippen molar-refractivity contribution in [3.63, 3.8) is 0 Å². The molecule has 6 heteroatoms. The van der Waals surface area contributed by atoms with Crippen LogP contribution in [0.4, 0.5) is 10.1 Å². The average Bonchev–Trinajstić information content (AvgIpc) is 2.55. The Morgan fingerprint density at radius 1 is 1.09 bits per heavy atom. The highest BCUT2D eigenvalue weighted by Crippen LogP contribution is 2.20. The first-order chi connectivity index (χ1) is 11.1. The first kappa shape index (κ1) is 14.6. The molecule has 0 unspecified atom stereocenters. The van der Waals surface area contributed by atoms with Gasteiger partial charge >= 0.3 is 0 Å². The summed E-state index contributed by atoms with van der Waals surface area (Å²) in [6, 6.07) is 14.9. The molecule has 3 aromatic rings. The fraction of sp³-hybridized carbons (Fsp3) is 0. The Hall–Kier alpha value is -3.28. The SMILES string of the molecule is NC(=Nc1ccccc1)NC(=O)c1ccnc2cccc(F)c12. The highest BCUT2D eigenvalue weighted by molar-refractivity contribution is 6.12. The van der Waals surface area contributed by atoms with Crippen LogP contribution < -0.4 is 11.1 Å². The maximum absolute atomic E-state index is 14.0. The van der Waals surface area contributed by atoms with Crippen LogP contribution in [0.5, 0.6) is 0 Å². The molecule has 3 rings (SSSR count). The van der Waals surface area contributed by atoms with Crippen LogP contribution in [-0.2, 0) is 0 Å². The van der Waals surface area contributed by atoms with Crippen molar-refractivity contribution in [2.45, 2.75) is 0 Å². The third kappa shape index (κ3) is 3.16. The third-order valence-corrected chi connectivity index (χ3v) is 3.21. The molecule has 0 fully saturated rings. The van der Waals surface area contributed by atoms with Gasteiger partial charge in [0.05, 0.1) is 16.8 Å². The van der Waals surface area contributed by atoms with Crippen molar-refractivity contribution in [2.75, 3.05) is 0 Å². The van der Waals surface area contributed by atoms with E-state index in [1.54, 1.807) is 30.3 Å². The number of halogens is 1. The number of aliphatic imine (C=N–C) groups is 1. The van der Waals surface area contributed by atoms with E-state index >= 15 is 0 Å². The number of aromatic nitrogens is 1. The van der Waals surface area contributed by atoms with Gasteiger partial charge in [0.2, 0.25) is 5.96 Å². The van der Waals surface area contributed by atoms with Gasteiger partial charge in [-0.1, -0.05) is 24.3 Å². The zero-order valence-corrected chi connectivity index (χ0v) is 12.0. The van der Waals surface area contributed by atoms with Gasteiger partial charge in [0.25, 0.3) is 5.91 Å². The van der Waals surface area contributed by atoms with Gasteiger partial charge in [-0.2, -0.15) is 0 Å². The highest BCUT2D eigenvalue weighted by Gasteiger charge is 2.14. The van der Waals surface area contributed by atoms with Crippen molar-refractivity contribution in [3.05, 3.63) is 72.2 Å². The second-order valence-corrected chi connectivity index (χ2v) is 4.78. The lowest BCUT2D eigenvalue weighted by Crippen LogP contribution is -2.36. The standard InChI is InChI=1S/C17H13FN4O/c18-13-7-4-8-14-15(13)12(9-10-20-14)16(23)22-17(19)21-11-5-2-1-3-6-11/h1-10H,(H3,19,21,22,23). The van der Waals surface area contributed by atoms with Gasteiger partial charge in [-0.05, 0) is 30.3 Å². The molecule has 0 aliphatic heterocycles. The molecule has 0 bridgehead atoms. The number of guanidine groups is 1. The summed E-state index contributed by atoms with van der Waals surface area (Å²) in [6.07, 6.45) is 1.45. The van der Waals surface area contributed by atoms with Gasteiger partial charge < -0.3 is 5.73 Å². The quantitative estimate of drug-likeness (QED) is 0.564. The summed E-state index contributed by atoms with van der Waals surface area (Å²) in [6.45, 7) is 0. The molecule has 114 valence electrons. The summed E-state index contributed by atoms with van der Waals surface area (Å²) in [5.74, 6) is -1.12. The minimum absolute atomic E-state index is 0.0671. The van der Waals surface area contributed by atoms with E-state index in [1.807, 2.05) is 6.07 Å². The van der Waals surface area contributed by atoms with Crippen LogP contribution in [0.1, 0.15) is 10.4 Å². The van der Waals surface area contributed by atoms with Gasteiger partial charge in [-0.25, -0.2) is 9.38 Å². The Labute approximate surface area is 131 Å². The van der Waals surface area contributed by atoms with E-state index in [0.29, 0.717) is 11.2 Å². The maximum atomic E-state index is 14.0. The minimum atomic E-state index is -0.542. The number of para-hydroxylation sites is 1. The lowest BCUT2D eigenvalue weighted by atomic mass is 10.1. The first-order valence-electron chi connectivity index (χ1n) is 6.89. The predicted molar refractivity (Wildman–Crippen MR) is 86.9 cm³/mol. The number of carbonyl (C=O) groups is 1. The maximum Gasteiger partial charge on any atom is 0.258 e. The Kier molecular flexibility index (Phi) is 3.97. The number of hydrogen-bond donors (Lipinski definition) is 2. The van der Waals surface area contributed by atoms with Crippen molar-refractivity contribution in [2.24, 2.45) is 10.7 Å². The number of fused-ring (bicyclic) bond motifs is 1. The zero-order valence-electron chi connectivity index (χ0n) is 12.0. The molecule has 0 aliphatic rings. The van der Waals surface area contributed by atoms with Crippen LogP contribution in [0, 0.1) is 5.82 Å². The molecule has 0 saturated heterocycles. The average molecular weight is 308 g/mol. The fourth-order valence-electron chi connectivity index (χ4n) is 2.20. The Balaban J connectivity index is 1.91. The van der Waals surface area contributed by atoms with Crippen molar-refractivity contribution >= 4 is 28.5 Å². The summed E-state index contributed by atoms with van der Waals surface area (Å²) in [5.41, 5.74) is 6.89. The number of hydrogen-bond acceptors (Lipinski definition) is 3. The van der Waals surface area contributed by atoms with Gasteiger partial charge in [0, 0.05) is 11.6 Å². The summed E-state index contributed by atoms with van der Waals surface area (Å²) in [5, 5.41) is 2.61. The molecule has 0 spiro atoms. The molecule has 0 aliphatic carbocycles. The molecule has 2 aromatic carbocycles. The molecule has 3 N–H and O–H groups in total. The van der Waals surface area contributed by atoms with E-state index in [1.165, 1.54) is 24.4 Å². The second kappa shape index (κ2) is 6.23. The number of carbonyl (C=O) groups excluding carboxylic acids is 1. The van der Waals surface area contributed by atoms with Gasteiger partial charge in [0.1, 0.15) is 5.82 Å². The van der Waals surface area contributed by atoms with Crippen molar-refractivity contribution in [1.82, 2.24) is 10.3 Å². The molecule has 1 heterocycles. The van der Waals surface area contributed by atoms with Gasteiger partial charge in [0.15, 0.2) is 0 Å². The van der Waals surface area contributed by atoms with Crippen LogP contribution in [0.2, 0.25) is 0 Å². The predicted octanol–water partition coefficient (Wildman–Crippen LogP) is 2.75. The smallest absolute Gasteiger partial charge is 0.258 e. The molecule has 0 radical (unpaired) electrons. The summed E-state index contributed by atoms with van der Waals surface area (Å²) in [4.78, 5) is 20.5. The van der Waals surface area contributed by atoms with Crippen molar-refractivity contribution < 1.29 is 9.18 Å². The fourth-order valence-corrected chi connectivity index (χ4v) is 2.20. The van der Waals surface area contributed by atoms with E-state index < -0.39 is 11.7 Å². The largest absolute Gasteiger partial charge is 0.369 e. The Morgan fingerprint density at radius 2 is 1.87 bits per heavy atom. The summed E-state index contributed by atoms with van der Waals surface area (Å²) in [7, 11) is 0.